The van der Waals surface area contributed by atoms with Crippen LogP contribution < -0.4 is 10.6 Å². The second-order valence-electron chi connectivity index (χ2n) is 3.47. The number of nitrogens with zero attached hydrogens (tertiary/aromatic N) is 1. The summed E-state index contributed by atoms with van der Waals surface area (Å²) >= 11 is 0. The molecule has 0 aliphatic carbocycles. The van der Waals surface area contributed by atoms with Crippen molar-refractivity contribution in [3.8, 4) is 0 Å². The SMILES string of the molecule is Cc1ncccc1C(=O)NC1CNC1. The van der Waals surface area contributed by atoms with Gasteiger partial charge in [-0.3, -0.25) is 9.78 Å². The molecule has 2 rings (SSSR count). The van der Waals surface area contributed by atoms with Crippen LogP contribution in [-0.4, -0.2) is 30.0 Å². The molecular formula is C10H13N3O. The van der Waals surface area contributed by atoms with E-state index in [2.05, 4.69) is 15.6 Å². The summed E-state index contributed by atoms with van der Waals surface area (Å²) in [6.07, 6.45) is 1.69. The number of hydrogen-bond donors (Lipinski definition) is 2. The summed E-state index contributed by atoms with van der Waals surface area (Å²) in [5, 5.41) is 6.03. The number of hydrogen-bond acceptors (Lipinski definition) is 3. The molecule has 4 nitrogen and oxygen atoms in total. The van der Waals surface area contributed by atoms with Gasteiger partial charge in [-0.05, 0) is 19.1 Å². The zero-order valence-corrected chi connectivity index (χ0v) is 8.08. The quantitative estimate of drug-likeness (QED) is 0.696. The molecule has 1 aliphatic heterocycles. The van der Waals surface area contributed by atoms with Gasteiger partial charge in [0.1, 0.15) is 0 Å². The average molecular weight is 191 g/mol. The first-order valence-electron chi connectivity index (χ1n) is 4.70. The molecule has 0 unspecified atom stereocenters. The summed E-state index contributed by atoms with van der Waals surface area (Å²) in [7, 11) is 0. The molecule has 14 heavy (non-hydrogen) atoms. The second-order valence-corrected chi connectivity index (χ2v) is 3.47. The Morgan fingerprint density at radius 2 is 2.43 bits per heavy atom. The number of aryl methyl sites for hydroxylation is 1. The van der Waals surface area contributed by atoms with E-state index in [0.717, 1.165) is 18.8 Å². The molecule has 1 amide bonds. The Morgan fingerprint density at radius 3 is 3.00 bits per heavy atom. The molecule has 0 bridgehead atoms. The maximum Gasteiger partial charge on any atom is 0.253 e. The minimum Gasteiger partial charge on any atom is -0.347 e. The van der Waals surface area contributed by atoms with Gasteiger partial charge in [-0.25, -0.2) is 0 Å². The van der Waals surface area contributed by atoms with Gasteiger partial charge < -0.3 is 10.6 Å². The highest BCUT2D eigenvalue weighted by molar-refractivity contribution is 5.95. The standard InChI is InChI=1S/C10H13N3O/c1-7-9(3-2-4-12-7)10(14)13-8-5-11-6-8/h2-4,8,11H,5-6H2,1H3,(H,13,14). The molecule has 0 saturated carbocycles. The van der Waals surface area contributed by atoms with Gasteiger partial charge in [0.05, 0.1) is 11.6 Å². The van der Waals surface area contributed by atoms with Crippen LogP contribution in [0, 0.1) is 6.92 Å². The first kappa shape index (κ1) is 9.15. The molecule has 1 aromatic heterocycles. The molecule has 1 aromatic rings. The van der Waals surface area contributed by atoms with E-state index in [1.807, 2.05) is 6.92 Å². The van der Waals surface area contributed by atoms with Gasteiger partial charge >= 0.3 is 0 Å². The smallest absolute Gasteiger partial charge is 0.253 e. The molecule has 0 spiro atoms. The van der Waals surface area contributed by atoms with Crippen molar-refractivity contribution < 1.29 is 4.79 Å². The monoisotopic (exact) mass is 191 g/mol. The summed E-state index contributed by atoms with van der Waals surface area (Å²) < 4.78 is 0. The molecule has 1 fully saturated rings. The normalized spacial score (nSPS) is 16.1. The zero-order valence-electron chi connectivity index (χ0n) is 8.08. The largest absolute Gasteiger partial charge is 0.347 e. The Labute approximate surface area is 82.7 Å². The lowest BCUT2D eigenvalue weighted by Crippen LogP contribution is -2.57. The fourth-order valence-corrected chi connectivity index (χ4v) is 1.38. The van der Waals surface area contributed by atoms with Crippen molar-refractivity contribution >= 4 is 5.91 Å². The summed E-state index contributed by atoms with van der Waals surface area (Å²) in [5.74, 6) is -0.0258. The third-order valence-electron chi connectivity index (χ3n) is 2.37. The third-order valence-corrected chi connectivity index (χ3v) is 2.37. The van der Waals surface area contributed by atoms with Crippen LogP contribution in [0.3, 0.4) is 0 Å². The fraction of sp³-hybridized carbons (Fsp3) is 0.400. The minimum atomic E-state index is -0.0258. The Morgan fingerprint density at radius 1 is 1.64 bits per heavy atom. The average Bonchev–Trinajstić information content (AvgIpc) is 2.12. The highest BCUT2D eigenvalue weighted by atomic mass is 16.1. The van der Waals surface area contributed by atoms with Crippen LogP contribution in [0.1, 0.15) is 16.1 Å². The van der Waals surface area contributed by atoms with E-state index in [0.29, 0.717) is 5.56 Å². The van der Waals surface area contributed by atoms with Gasteiger partial charge in [-0.15, -0.1) is 0 Å². The van der Waals surface area contributed by atoms with Crippen LogP contribution >= 0.6 is 0 Å². The van der Waals surface area contributed by atoms with Crippen LogP contribution in [0.15, 0.2) is 18.3 Å². The molecule has 0 atom stereocenters. The number of nitrogens with one attached hydrogen (secondary N) is 2. The Balaban J connectivity index is 2.06. The number of pyridine rings is 1. The van der Waals surface area contributed by atoms with E-state index in [4.69, 9.17) is 0 Å². The first-order valence-corrected chi connectivity index (χ1v) is 4.70. The number of rotatable bonds is 2. The van der Waals surface area contributed by atoms with Crippen molar-refractivity contribution in [3.05, 3.63) is 29.6 Å². The predicted octanol–water partition coefficient (Wildman–Crippen LogP) is 0.0916. The molecule has 4 heteroatoms. The molecule has 1 aliphatic rings. The fourth-order valence-electron chi connectivity index (χ4n) is 1.38. The molecule has 0 aromatic carbocycles. The van der Waals surface area contributed by atoms with Crippen LogP contribution in [-0.2, 0) is 0 Å². The zero-order chi connectivity index (χ0) is 9.97. The van der Waals surface area contributed by atoms with Gasteiger partial charge in [0.25, 0.3) is 5.91 Å². The lowest BCUT2D eigenvalue weighted by Gasteiger charge is -2.28. The molecule has 2 N–H and O–H groups in total. The lowest BCUT2D eigenvalue weighted by molar-refractivity contribution is 0.0923. The molecular weight excluding hydrogens is 178 g/mol. The van der Waals surface area contributed by atoms with Crippen LogP contribution in [0.25, 0.3) is 0 Å². The van der Waals surface area contributed by atoms with Gasteiger partial charge in [0.2, 0.25) is 0 Å². The van der Waals surface area contributed by atoms with Crippen molar-refractivity contribution in [1.29, 1.82) is 0 Å². The number of aromatic nitrogens is 1. The van der Waals surface area contributed by atoms with Crippen molar-refractivity contribution in [2.45, 2.75) is 13.0 Å². The molecule has 0 radical (unpaired) electrons. The highest BCUT2D eigenvalue weighted by Gasteiger charge is 2.20. The van der Waals surface area contributed by atoms with Gasteiger partial charge in [0.15, 0.2) is 0 Å². The maximum atomic E-state index is 11.7. The third kappa shape index (κ3) is 1.75. The minimum absolute atomic E-state index is 0.0258. The molecule has 1 saturated heterocycles. The second kappa shape index (κ2) is 3.75. The Kier molecular flexibility index (Phi) is 2.45. The summed E-state index contributed by atoms with van der Waals surface area (Å²) in [6, 6.07) is 3.85. The molecule has 2 heterocycles. The Bertz CT molecular complexity index is 347. The van der Waals surface area contributed by atoms with Crippen molar-refractivity contribution in [2.24, 2.45) is 0 Å². The number of carbonyl (C=O) groups excluding carboxylic acids is 1. The summed E-state index contributed by atoms with van der Waals surface area (Å²) in [4.78, 5) is 15.8. The van der Waals surface area contributed by atoms with E-state index in [1.165, 1.54) is 0 Å². The van der Waals surface area contributed by atoms with Gasteiger partial charge in [-0.1, -0.05) is 0 Å². The van der Waals surface area contributed by atoms with E-state index in [1.54, 1.807) is 18.3 Å². The summed E-state index contributed by atoms with van der Waals surface area (Å²) in [6.45, 7) is 3.57. The van der Waals surface area contributed by atoms with Gasteiger partial charge in [0, 0.05) is 25.0 Å². The van der Waals surface area contributed by atoms with Crippen LogP contribution in [0.2, 0.25) is 0 Å². The number of carbonyl (C=O) groups is 1. The van der Waals surface area contributed by atoms with Gasteiger partial charge in [-0.2, -0.15) is 0 Å². The topological polar surface area (TPSA) is 54.0 Å². The predicted molar refractivity (Wildman–Crippen MR) is 53.1 cm³/mol. The summed E-state index contributed by atoms with van der Waals surface area (Å²) in [5.41, 5.74) is 1.44. The first-order chi connectivity index (χ1) is 6.77. The van der Waals surface area contributed by atoms with E-state index < -0.39 is 0 Å². The van der Waals surface area contributed by atoms with Crippen LogP contribution in [0.5, 0.6) is 0 Å². The number of amides is 1. The highest BCUT2D eigenvalue weighted by Crippen LogP contribution is 2.04. The van der Waals surface area contributed by atoms with Crippen molar-refractivity contribution in [2.75, 3.05) is 13.1 Å². The maximum absolute atomic E-state index is 11.7. The van der Waals surface area contributed by atoms with Crippen molar-refractivity contribution in [3.63, 3.8) is 0 Å². The van der Waals surface area contributed by atoms with E-state index in [9.17, 15) is 4.79 Å². The van der Waals surface area contributed by atoms with E-state index in [-0.39, 0.29) is 11.9 Å². The molecule has 74 valence electrons. The van der Waals surface area contributed by atoms with Crippen LogP contribution in [0.4, 0.5) is 0 Å². The Hall–Kier alpha value is -1.42. The van der Waals surface area contributed by atoms with E-state index >= 15 is 0 Å². The lowest BCUT2D eigenvalue weighted by atomic mass is 10.1. The van der Waals surface area contributed by atoms with Crippen molar-refractivity contribution in [1.82, 2.24) is 15.6 Å².